The molecule has 1 aromatic heterocycles. The smallest absolute Gasteiger partial charge is 0.123 e. The van der Waals surface area contributed by atoms with Crippen molar-refractivity contribution in [1.82, 2.24) is 5.32 Å². The molecule has 0 bridgehead atoms. The maximum atomic E-state index is 5.61. The van der Waals surface area contributed by atoms with Gasteiger partial charge < -0.3 is 14.6 Å². The van der Waals surface area contributed by atoms with E-state index < -0.39 is 0 Å². The van der Waals surface area contributed by atoms with Crippen LogP contribution in [0.15, 0.2) is 47.1 Å². The Morgan fingerprint density at radius 2 is 1.95 bits per heavy atom. The predicted molar refractivity (Wildman–Crippen MR) is 79.2 cm³/mol. The Morgan fingerprint density at radius 1 is 1.21 bits per heavy atom. The van der Waals surface area contributed by atoms with Crippen LogP contribution in [0.1, 0.15) is 25.2 Å². The molecule has 0 atom stereocenters. The molecule has 0 saturated carbocycles. The summed E-state index contributed by atoms with van der Waals surface area (Å²) in [6.45, 7) is 5.93. The second kappa shape index (κ2) is 6.43. The van der Waals surface area contributed by atoms with Crippen molar-refractivity contribution < 1.29 is 4.42 Å². The first-order chi connectivity index (χ1) is 9.15. The number of anilines is 1. The molecule has 1 aromatic carbocycles. The Bertz CT molecular complexity index is 490. The Hall–Kier alpha value is -1.74. The zero-order valence-electron chi connectivity index (χ0n) is 11.9. The van der Waals surface area contributed by atoms with Gasteiger partial charge in [0.05, 0.1) is 12.8 Å². The molecule has 0 spiro atoms. The van der Waals surface area contributed by atoms with Gasteiger partial charge in [0, 0.05) is 30.9 Å². The molecule has 19 heavy (non-hydrogen) atoms. The largest absolute Gasteiger partial charge is 0.467 e. The summed E-state index contributed by atoms with van der Waals surface area (Å²) < 4.78 is 5.61. The number of hydrogen-bond acceptors (Lipinski definition) is 3. The van der Waals surface area contributed by atoms with Crippen molar-refractivity contribution in [2.24, 2.45) is 0 Å². The lowest BCUT2D eigenvalue weighted by Gasteiger charge is -2.17. The third-order valence-electron chi connectivity index (χ3n) is 3.01. The molecule has 102 valence electrons. The molecule has 0 saturated heterocycles. The summed E-state index contributed by atoms with van der Waals surface area (Å²) in [4.78, 5) is 2.18. The van der Waals surface area contributed by atoms with Crippen LogP contribution in [-0.2, 0) is 13.1 Å². The molecule has 0 radical (unpaired) electrons. The van der Waals surface area contributed by atoms with E-state index in [1.54, 1.807) is 0 Å². The van der Waals surface area contributed by atoms with Gasteiger partial charge in [-0.05, 0) is 18.2 Å². The van der Waals surface area contributed by atoms with E-state index in [1.165, 1.54) is 11.3 Å². The number of benzene rings is 1. The molecule has 2 aromatic rings. The van der Waals surface area contributed by atoms with Crippen molar-refractivity contribution in [2.45, 2.75) is 33.0 Å². The maximum Gasteiger partial charge on any atom is 0.123 e. The van der Waals surface area contributed by atoms with Crippen molar-refractivity contribution in [2.75, 3.05) is 11.9 Å². The van der Waals surface area contributed by atoms with Crippen molar-refractivity contribution in [3.05, 3.63) is 54.0 Å². The fourth-order valence-electron chi connectivity index (χ4n) is 1.93. The fourth-order valence-corrected chi connectivity index (χ4v) is 1.93. The number of hydrogen-bond donors (Lipinski definition) is 1. The van der Waals surface area contributed by atoms with Gasteiger partial charge in [-0.1, -0.05) is 32.0 Å². The molecule has 0 unspecified atom stereocenters. The molecule has 1 N–H and O–H groups in total. The molecule has 0 aliphatic carbocycles. The molecule has 0 amide bonds. The van der Waals surface area contributed by atoms with Crippen LogP contribution >= 0.6 is 0 Å². The highest BCUT2D eigenvalue weighted by molar-refractivity contribution is 5.45. The minimum Gasteiger partial charge on any atom is -0.467 e. The average molecular weight is 258 g/mol. The van der Waals surface area contributed by atoms with Crippen LogP contribution in [-0.4, -0.2) is 13.1 Å². The van der Waals surface area contributed by atoms with Gasteiger partial charge in [-0.2, -0.15) is 0 Å². The van der Waals surface area contributed by atoms with Crippen molar-refractivity contribution >= 4 is 5.69 Å². The Morgan fingerprint density at radius 3 is 2.63 bits per heavy atom. The van der Waals surface area contributed by atoms with Gasteiger partial charge in [0.25, 0.3) is 0 Å². The molecular formula is C16H22N2O. The fraction of sp³-hybridized carbons (Fsp3) is 0.375. The topological polar surface area (TPSA) is 28.4 Å². The molecule has 0 aliphatic heterocycles. The highest BCUT2D eigenvalue weighted by atomic mass is 16.3. The first-order valence-corrected chi connectivity index (χ1v) is 6.71. The van der Waals surface area contributed by atoms with Crippen molar-refractivity contribution in [3.8, 4) is 0 Å². The molecule has 0 fully saturated rings. The predicted octanol–water partition coefficient (Wildman–Crippen LogP) is 3.41. The highest BCUT2D eigenvalue weighted by Gasteiger charge is 2.06. The van der Waals surface area contributed by atoms with Gasteiger partial charge in [0.2, 0.25) is 0 Å². The minimum atomic E-state index is 0.491. The molecule has 1 heterocycles. The molecular weight excluding hydrogens is 236 g/mol. The molecule has 0 aliphatic rings. The second-order valence-electron chi connectivity index (χ2n) is 5.15. The Balaban J connectivity index is 1.93. The molecule has 3 heteroatoms. The Kier molecular flexibility index (Phi) is 4.63. The highest BCUT2D eigenvalue weighted by Crippen LogP contribution is 2.16. The van der Waals surface area contributed by atoms with Gasteiger partial charge in [-0.15, -0.1) is 0 Å². The van der Waals surface area contributed by atoms with Crippen LogP contribution in [0, 0.1) is 0 Å². The lowest BCUT2D eigenvalue weighted by Crippen LogP contribution is -2.21. The van der Waals surface area contributed by atoms with E-state index in [9.17, 15) is 0 Å². The van der Waals surface area contributed by atoms with Crippen molar-refractivity contribution in [3.63, 3.8) is 0 Å². The van der Waals surface area contributed by atoms with Gasteiger partial charge in [-0.25, -0.2) is 0 Å². The number of nitrogens with zero attached hydrogens (tertiary/aromatic N) is 1. The molecule has 2 rings (SSSR count). The van der Waals surface area contributed by atoms with E-state index in [1.807, 2.05) is 24.5 Å². The lowest BCUT2D eigenvalue weighted by atomic mass is 10.2. The van der Waals surface area contributed by atoms with Gasteiger partial charge in [0.1, 0.15) is 5.76 Å². The second-order valence-corrected chi connectivity index (χ2v) is 5.15. The SMILES string of the molecule is CC(C)NCc1coc(CN(C)c2ccccc2)c1. The summed E-state index contributed by atoms with van der Waals surface area (Å²) >= 11 is 0. The summed E-state index contributed by atoms with van der Waals surface area (Å²) in [6.07, 6.45) is 1.84. The standard InChI is InChI=1S/C16H22N2O/c1-13(2)17-10-14-9-16(19-12-14)11-18(3)15-7-5-4-6-8-15/h4-9,12-13,17H,10-11H2,1-3H3. The summed E-state index contributed by atoms with van der Waals surface area (Å²) in [5.41, 5.74) is 2.39. The third-order valence-corrected chi connectivity index (χ3v) is 3.01. The zero-order valence-corrected chi connectivity index (χ0v) is 11.9. The van der Waals surface area contributed by atoms with Crippen LogP contribution in [0.3, 0.4) is 0 Å². The Labute approximate surface area is 115 Å². The summed E-state index contributed by atoms with van der Waals surface area (Å²) in [5, 5.41) is 3.39. The van der Waals surface area contributed by atoms with E-state index in [-0.39, 0.29) is 0 Å². The van der Waals surface area contributed by atoms with Crippen LogP contribution in [0.25, 0.3) is 0 Å². The van der Waals surface area contributed by atoms with Crippen LogP contribution < -0.4 is 10.2 Å². The summed E-state index contributed by atoms with van der Waals surface area (Å²) in [5.74, 6) is 0.993. The van der Waals surface area contributed by atoms with Gasteiger partial charge in [-0.3, -0.25) is 0 Å². The summed E-state index contributed by atoms with van der Waals surface area (Å²) in [6, 6.07) is 12.9. The summed E-state index contributed by atoms with van der Waals surface area (Å²) in [7, 11) is 2.07. The van der Waals surface area contributed by atoms with E-state index in [4.69, 9.17) is 4.42 Å². The van der Waals surface area contributed by atoms with Crippen molar-refractivity contribution in [1.29, 1.82) is 0 Å². The number of rotatable bonds is 6. The van der Waals surface area contributed by atoms with E-state index in [0.717, 1.165) is 18.8 Å². The first-order valence-electron chi connectivity index (χ1n) is 6.71. The van der Waals surface area contributed by atoms with Gasteiger partial charge >= 0.3 is 0 Å². The number of furan rings is 1. The zero-order chi connectivity index (χ0) is 13.7. The van der Waals surface area contributed by atoms with Gasteiger partial charge in [0.15, 0.2) is 0 Å². The lowest BCUT2D eigenvalue weighted by molar-refractivity contribution is 0.503. The maximum absolute atomic E-state index is 5.61. The average Bonchev–Trinajstić information content (AvgIpc) is 2.85. The first kappa shape index (κ1) is 13.7. The third kappa shape index (κ3) is 4.14. The van der Waals surface area contributed by atoms with E-state index in [2.05, 4.69) is 49.3 Å². The quantitative estimate of drug-likeness (QED) is 0.860. The van der Waals surface area contributed by atoms with E-state index >= 15 is 0 Å². The number of nitrogens with one attached hydrogen (secondary N) is 1. The van der Waals surface area contributed by atoms with Crippen LogP contribution in [0.5, 0.6) is 0 Å². The minimum absolute atomic E-state index is 0.491. The number of para-hydroxylation sites is 1. The van der Waals surface area contributed by atoms with Crippen LogP contribution in [0.4, 0.5) is 5.69 Å². The van der Waals surface area contributed by atoms with E-state index in [0.29, 0.717) is 6.04 Å². The molecule has 3 nitrogen and oxygen atoms in total. The van der Waals surface area contributed by atoms with Crippen LogP contribution in [0.2, 0.25) is 0 Å². The monoisotopic (exact) mass is 258 g/mol. The normalized spacial score (nSPS) is 10.9.